The SMILES string of the molecule is CCn1c(CN)nnc1SCC(C)CO. The summed E-state index contributed by atoms with van der Waals surface area (Å²) in [4.78, 5) is 0. The van der Waals surface area contributed by atoms with E-state index >= 15 is 0 Å². The van der Waals surface area contributed by atoms with Crippen molar-refractivity contribution >= 4 is 11.8 Å². The highest BCUT2D eigenvalue weighted by molar-refractivity contribution is 7.99. The third-order valence-electron chi connectivity index (χ3n) is 2.10. The van der Waals surface area contributed by atoms with Crippen LogP contribution < -0.4 is 5.73 Å². The molecule has 1 unspecified atom stereocenters. The van der Waals surface area contributed by atoms with Crippen LogP contribution in [0, 0.1) is 5.92 Å². The molecule has 0 aliphatic carbocycles. The molecule has 1 aromatic rings. The summed E-state index contributed by atoms with van der Waals surface area (Å²) in [5, 5.41) is 17.9. The van der Waals surface area contributed by atoms with Crippen LogP contribution >= 0.6 is 11.8 Å². The van der Waals surface area contributed by atoms with E-state index in [1.165, 1.54) is 0 Å². The Morgan fingerprint density at radius 3 is 2.80 bits per heavy atom. The van der Waals surface area contributed by atoms with Gasteiger partial charge >= 0.3 is 0 Å². The summed E-state index contributed by atoms with van der Waals surface area (Å²) in [6, 6.07) is 0. The molecule has 1 atom stereocenters. The van der Waals surface area contributed by atoms with E-state index in [9.17, 15) is 0 Å². The first kappa shape index (κ1) is 12.5. The van der Waals surface area contributed by atoms with Gasteiger partial charge in [-0.05, 0) is 12.8 Å². The van der Waals surface area contributed by atoms with E-state index in [0.717, 1.165) is 23.3 Å². The number of aliphatic hydroxyl groups excluding tert-OH is 1. The molecule has 0 aliphatic heterocycles. The van der Waals surface area contributed by atoms with Gasteiger partial charge in [0, 0.05) is 18.9 Å². The summed E-state index contributed by atoms with van der Waals surface area (Å²) in [7, 11) is 0. The van der Waals surface area contributed by atoms with Crippen molar-refractivity contribution in [3.05, 3.63) is 5.82 Å². The fraction of sp³-hybridized carbons (Fsp3) is 0.778. The van der Waals surface area contributed by atoms with Crippen LogP contribution in [0.15, 0.2) is 5.16 Å². The van der Waals surface area contributed by atoms with E-state index < -0.39 is 0 Å². The Morgan fingerprint density at radius 1 is 1.53 bits per heavy atom. The lowest BCUT2D eigenvalue weighted by molar-refractivity contribution is 0.250. The van der Waals surface area contributed by atoms with Crippen molar-refractivity contribution < 1.29 is 5.11 Å². The molecular weight excluding hydrogens is 212 g/mol. The van der Waals surface area contributed by atoms with Gasteiger partial charge in [-0.1, -0.05) is 18.7 Å². The maximum absolute atomic E-state index is 8.91. The van der Waals surface area contributed by atoms with Gasteiger partial charge in [0.1, 0.15) is 5.82 Å². The number of rotatable bonds is 6. The van der Waals surface area contributed by atoms with Crippen LogP contribution in [-0.4, -0.2) is 32.2 Å². The Morgan fingerprint density at radius 2 is 2.27 bits per heavy atom. The number of hydrogen-bond acceptors (Lipinski definition) is 5. The first-order chi connectivity index (χ1) is 7.22. The lowest BCUT2D eigenvalue weighted by Crippen LogP contribution is -2.09. The van der Waals surface area contributed by atoms with Gasteiger partial charge in [0.25, 0.3) is 0 Å². The molecule has 6 heteroatoms. The van der Waals surface area contributed by atoms with Crippen molar-refractivity contribution in [3.8, 4) is 0 Å². The normalized spacial score (nSPS) is 13.1. The van der Waals surface area contributed by atoms with Crippen molar-refractivity contribution in [2.45, 2.75) is 32.1 Å². The summed E-state index contributed by atoms with van der Waals surface area (Å²) in [5.74, 6) is 1.94. The minimum absolute atomic E-state index is 0.205. The summed E-state index contributed by atoms with van der Waals surface area (Å²) in [6.07, 6.45) is 0. The number of nitrogens with two attached hydrogens (primary N) is 1. The summed E-state index contributed by atoms with van der Waals surface area (Å²) >= 11 is 1.61. The van der Waals surface area contributed by atoms with Crippen LogP contribution in [0.5, 0.6) is 0 Å². The molecule has 0 bridgehead atoms. The first-order valence-corrected chi connectivity index (χ1v) is 6.07. The van der Waals surface area contributed by atoms with E-state index in [4.69, 9.17) is 10.8 Å². The van der Waals surface area contributed by atoms with Crippen LogP contribution in [0.3, 0.4) is 0 Å². The average molecular weight is 230 g/mol. The third-order valence-corrected chi connectivity index (χ3v) is 3.40. The predicted octanol–water partition coefficient (Wildman–Crippen LogP) is 0.477. The zero-order chi connectivity index (χ0) is 11.3. The highest BCUT2D eigenvalue weighted by Crippen LogP contribution is 2.19. The quantitative estimate of drug-likeness (QED) is 0.695. The number of hydrogen-bond donors (Lipinski definition) is 2. The van der Waals surface area contributed by atoms with Gasteiger partial charge < -0.3 is 15.4 Å². The van der Waals surface area contributed by atoms with E-state index in [0.29, 0.717) is 6.54 Å². The standard InChI is InChI=1S/C9H18N4OS/c1-3-13-8(4-10)11-12-9(13)15-6-7(2)5-14/h7,14H,3-6,10H2,1-2H3. The average Bonchev–Trinajstić information content (AvgIpc) is 2.67. The molecule has 0 radical (unpaired) electrons. The summed E-state index contributed by atoms with van der Waals surface area (Å²) in [5.41, 5.74) is 5.55. The Hall–Kier alpha value is -0.590. The molecule has 0 amide bonds. The van der Waals surface area contributed by atoms with Gasteiger partial charge in [-0.2, -0.15) is 0 Å². The van der Waals surface area contributed by atoms with E-state index in [1.807, 2.05) is 18.4 Å². The fourth-order valence-electron chi connectivity index (χ4n) is 1.16. The monoisotopic (exact) mass is 230 g/mol. The Labute approximate surface area is 94.1 Å². The molecule has 0 saturated heterocycles. The van der Waals surface area contributed by atoms with E-state index in [2.05, 4.69) is 10.2 Å². The molecule has 5 nitrogen and oxygen atoms in total. The lowest BCUT2D eigenvalue weighted by atomic mass is 10.2. The molecule has 0 aromatic carbocycles. The lowest BCUT2D eigenvalue weighted by Gasteiger charge is -2.08. The Balaban J connectivity index is 2.64. The second-order valence-corrected chi connectivity index (χ2v) is 4.43. The summed E-state index contributed by atoms with van der Waals surface area (Å²) in [6.45, 7) is 5.49. The van der Waals surface area contributed by atoms with Gasteiger partial charge in [-0.25, -0.2) is 0 Å². The van der Waals surface area contributed by atoms with E-state index in [-0.39, 0.29) is 12.5 Å². The molecule has 0 aliphatic rings. The Bertz CT molecular complexity index is 302. The zero-order valence-corrected chi connectivity index (χ0v) is 10.00. The maximum Gasteiger partial charge on any atom is 0.191 e. The van der Waals surface area contributed by atoms with Gasteiger partial charge in [0.2, 0.25) is 0 Å². The second kappa shape index (κ2) is 6.09. The number of nitrogens with zero attached hydrogens (tertiary/aromatic N) is 3. The van der Waals surface area contributed by atoms with Gasteiger partial charge in [0.05, 0.1) is 6.54 Å². The number of aromatic nitrogens is 3. The van der Waals surface area contributed by atoms with Crippen LogP contribution in [0.2, 0.25) is 0 Å². The molecule has 1 rings (SSSR count). The van der Waals surface area contributed by atoms with Crippen molar-refractivity contribution in [2.24, 2.45) is 11.7 Å². The van der Waals surface area contributed by atoms with Crippen molar-refractivity contribution in [1.82, 2.24) is 14.8 Å². The smallest absolute Gasteiger partial charge is 0.191 e. The topological polar surface area (TPSA) is 77.0 Å². The first-order valence-electron chi connectivity index (χ1n) is 5.08. The van der Waals surface area contributed by atoms with Gasteiger partial charge in [-0.15, -0.1) is 10.2 Å². The highest BCUT2D eigenvalue weighted by atomic mass is 32.2. The van der Waals surface area contributed by atoms with Crippen LogP contribution in [0.1, 0.15) is 19.7 Å². The fourth-order valence-corrected chi connectivity index (χ4v) is 2.19. The molecule has 0 spiro atoms. The zero-order valence-electron chi connectivity index (χ0n) is 9.18. The number of aliphatic hydroxyl groups is 1. The van der Waals surface area contributed by atoms with Crippen molar-refractivity contribution in [1.29, 1.82) is 0 Å². The predicted molar refractivity (Wildman–Crippen MR) is 60.6 cm³/mol. The van der Waals surface area contributed by atoms with E-state index in [1.54, 1.807) is 11.8 Å². The molecule has 15 heavy (non-hydrogen) atoms. The molecule has 1 aromatic heterocycles. The largest absolute Gasteiger partial charge is 0.396 e. The molecule has 3 N–H and O–H groups in total. The maximum atomic E-state index is 8.91. The minimum Gasteiger partial charge on any atom is -0.396 e. The Kier molecular flexibility index (Phi) is 5.07. The molecule has 1 heterocycles. The van der Waals surface area contributed by atoms with Crippen molar-refractivity contribution in [2.75, 3.05) is 12.4 Å². The molecule has 0 saturated carbocycles. The third kappa shape index (κ3) is 3.19. The minimum atomic E-state index is 0.205. The summed E-state index contributed by atoms with van der Waals surface area (Å²) < 4.78 is 2.01. The van der Waals surface area contributed by atoms with Crippen LogP contribution in [-0.2, 0) is 13.1 Å². The van der Waals surface area contributed by atoms with Crippen molar-refractivity contribution in [3.63, 3.8) is 0 Å². The van der Waals surface area contributed by atoms with Gasteiger partial charge in [-0.3, -0.25) is 0 Å². The molecular formula is C9H18N4OS. The van der Waals surface area contributed by atoms with Crippen LogP contribution in [0.4, 0.5) is 0 Å². The van der Waals surface area contributed by atoms with Crippen LogP contribution in [0.25, 0.3) is 0 Å². The molecule has 86 valence electrons. The van der Waals surface area contributed by atoms with Gasteiger partial charge in [0.15, 0.2) is 5.16 Å². The number of thioether (sulfide) groups is 1. The molecule has 0 fully saturated rings. The second-order valence-electron chi connectivity index (χ2n) is 3.45. The highest BCUT2D eigenvalue weighted by Gasteiger charge is 2.11.